The van der Waals surface area contributed by atoms with Crippen LogP contribution in [-0.2, 0) is 4.74 Å². The Morgan fingerprint density at radius 2 is 1.70 bits per heavy atom. The standard InChI is InChI=1S/C21H21NO5/c1-3-25-19-10-9-14(11-20(19)26-4-2)21(24)27-13-18(23)16-12-22-17-8-6-5-7-15(16)17/h5-12,22H,3-4,13H2,1-2H3. The number of ether oxygens (including phenoxy) is 3. The van der Waals surface area contributed by atoms with E-state index in [-0.39, 0.29) is 12.4 Å². The molecule has 0 atom stereocenters. The van der Waals surface area contributed by atoms with Crippen LogP contribution in [0.3, 0.4) is 0 Å². The first-order chi connectivity index (χ1) is 13.1. The number of aromatic amines is 1. The van der Waals surface area contributed by atoms with Crippen LogP contribution in [0.5, 0.6) is 11.5 Å². The summed E-state index contributed by atoms with van der Waals surface area (Å²) in [7, 11) is 0. The van der Waals surface area contributed by atoms with Crippen molar-refractivity contribution in [2.75, 3.05) is 19.8 Å². The highest BCUT2D eigenvalue weighted by Crippen LogP contribution is 2.29. The number of hydrogen-bond acceptors (Lipinski definition) is 5. The molecular formula is C21H21NO5. The topological polar surface area (TPSA) is 77.6 Å². The Hall–Kier alpha value is -3.28. The van der Waals surface area contributed by atoms with Gasteiger partial charge in [0.1, 0.15) is 0 Å². The van der Waals surface area contributed by atoms with Crippen LogP contribution >= 0.6 is 0 Å². The molecule has 0 aliphatic carbocycles. The lowest BCUT2D eigenvalue weighted by atomic mass is 10.1. The summed E-state index contributed by atoms with van der Waals surface area (Å²) in [6.45, 7) is 4.31. The van der Waals surface area contributed by atoms with Crippen molar-refractivity contribution in [3.05, 3.63) is 59.8 Å². The molecule has 0 saturated carbocycles. The number of hydrogen-bond donors (Lipinski definition) is 1. The number of benzene rings is 2. The average Bonchev–Trinajstić information content (AvgIpc) is 3.12. The van der Waals surface area contributed by atoms with Crippen molar-refractivity contribution in [3.63, 3.8) is 0 Å². The Kier molecular flexibility index (Phi) is 5.76. The molecule has 3 rings (SSSR count). The normalized spacial score (nSPS) is 10.6. The third kappa shape index (κ3) is 4.11. The van der Waals surface area contributed by atoms with Crippen LogP contribution in [0.25, 0.3) is 10.9 Å². The van der Waals surface area contributed by atoms with Gasteiger partial charge in [0.05, 0.1) is 18.8 Å². The SMILES string of the molecule is CCOc1ccc(C(=O)OCC(=O)c2c[nH]c3ccccc23)cc1OCC. The third-order valence-electron chi connectivity index (χ3n) is 4.00. The van der Waals surface area contributed by atoms with E-state index in [2.05, 4.69) is 4.98 Å². The van der Waals surface area contributed by atoms with Crippen LogP contribution in [0, 0.1) is 0 Å². The highest BCUT2D eigenvalue weighted by molar-refractivity contribution is 6.09. The third-order valence-corrected chi connectivity index (χ3v) is 4.00. The molecule has 0 saturated heterocycles. The number of ketones is 1. The molecule has 0 spiro atoms. The molecule has 27 heavy (non-hydrogen) atoms. The summed E-state index contributed by atoms with van der Waals surface area (Å²) in [4.78, 5) is 27.8. The van der Waals surface area contributed by atoms with Gasteiger partial charge in [0.2, 0.25) is 5.78 Å². The van der Waals surface area contributed by atoms with Gasteiger partial charge in [-0.05, 0) is 38.1 Å². The molecular weight excluding hydrogens is 346 g/mol. The van der Waals surface area contributed by atoms with E-state index >= 15 is 0 Å². The molecule has 0 aliphatic heterocycles. The van der Waals surface area contributed by atoms with Gasteiger partial charge in [-0.15, -0.1) is 0 Å². The Labute approximate surface area is 157 Å². The maximum Gasteiger partial charge on any atom is 0.338 e. The van der Waals surface area contributed by atoms with Crippen LogP contribution in [0.15, 0.2) is 48.7 Å². The van der Waals surface area contributed by atoms with Gasteiger partial charge < -0.3 is 19.2 Å². The molecule has 3 aromatic rings. The highest BCUT2D eigenvalue weighted by atomic mass is 16.5. The summed E-state index contributed by atoms with van der Waals surface area (Å²) >= 11 is 0. The number of rotatable bonds is 8. The molecule has 140 valence electrons. The van der Waals surface area contributed by atoms with Gasteiger partial charge >= 0.3 is 5.97 Å². The second-order valence-corrected chi connectivity index (χ2v) is 5.77. The number of para-hydroxylation sites is 1. The fourth-order valence-corrected chi connectivity index (χ4v) is 2.77. The van der Waals surface area contributed by atoms with Crippen molar-refractivity contribution in [2.24, 2.45) is 0 Å². The van der Waals surface area contributed by atoms with Crippen molar-refractivity contribution in [3.8, 4) is 11.5 Å². The molecule has 0 unspecified atom stereocenters. The van der Waals surface area contributed by atoms with E-state index in [4.69, 9.17) is 14.2 Å². The molecule has 0 fully saturated rings. The monoisotopic (exact) mass is 367 g/mol. The second kappa shape index (κ2) is 8.40. The minimum absolute atomic E-state index is 0.267. The van der Waals surface area contributed by atoms with Gasteiger partial charge in [-0.1, -0.05) is 18.2 Å². The summed E-state index contributed by atoms with van der Waals surface area (Å²) in [5.41, 5.74) is 1.66. The van der Waals surface area contributed by atoms with E-state index in [1.165, 1.54) is 0 Å². The van der Waals surface area contributed by atoms with Gasteiger partial charge in [0, 0.05) is 22.7 Å². The van der Waals surface area contributed by atoms with Crippen LogP contribution < -0.4 is 9.47 Å². The number of aromatic nitrogens is 1. The van der Waals surface area contributed by atoms with Crippen molar-refractivity contribution < 1.29 is 23.8 Å². The number of esters is 1. The second-order valence-electron chi connectivity index (χ2n) is 5.77. The van der Waals surface area contributed by atoms with E-state index in [1.54, 1.807) is 24.4 Å². The number of H-pyrrole nitrogens is 1. The molecule has 6 nitrogen and oxygen atoms in total. The Morgan fingerprint density at radius 3 is 2.48 bits per heavy atom. The molecule has 0 radical (unpaired) electrons. The highest BCUT2D eigenvalue weighted by Gasteiger charge is 2.17. The summed E-state index contributed by atoms with van der Waals surface area (Å²) in [6.07, 6.45) is 1.63. The van der Waals surface area contributed by atoms with Crippen LogP contribution in [0.1, 0.15) is 34.6 Å². The summed E-state index contributed by atoms with van der Waals surface area (Å²) in [6, 6.07) is 12.3. The molecule has 0 amide bonds. The van der Waals surface area contributed by atoms with Crippen molar-refractivity contribution in [2.45, 2.75) is 13.8 Å². The van der Waals surface area contributed by atoms with E-state index in [0.29, 0.717) is 35.8 Å². The number of carbonyl (C=O) groups is 2. The van der Waals surface area contributed by atoms with E-state index in [0.717, 1.165) is 10.9 Å². The van der Waals surface area contributed by atoms with E-state index in [9.17, 15) is 9.59 Å². The first-order valence-electron chi connectivity index (χ1n) is 8.80. The maximum absolute atomic E-state index is 12.4. The Balaban J connectivity index is 1.70. The largest absolute Gasteiger partial charge is 0.490 e. The lowest BCUT2D eigenvalue weighted by Crippen LogP contribution is -2.14. The van der Waals surface area contributed by atoms with Gasteiger partial charge in [-0.2, -0.15) is 0 Å². The van der Waals surface area contributed by atoms with Crippen molar-refractivity contribution >= 4 is 22.7 Å². The minimum atomic E-state index is -0.591. The molecule has 1 heterocycles. The van der Waals surface area contributed by atoms with Gasteiger partial charge in [-0.25, -0.2) is 4.79 Å². The predicted octanol–water partition coefficient (Wildman–Crippen LogP) is 4.01. The lowest BCUT2D eigenvalue weighted by Gasteiger charge is -2.12. The van der Waals surface area contributed by atoms with Gasteiger partial charge in [0.15, 0.2) is 18.1 Å². The smallest absolute Gasteiger partial charge is 0.338 e. The summed E-state index contributed by atoms with van der Waals surface area (Å²) in [5, 5.41) is 0.804. The van der Waals surface area contributed by atoms with Gasteiger partial charge in [0.25, 0.3) is 0 Å². The predicted molar refractivity (Wildman–Crippen MR) is 102 cm³/mol. The fraction of sp³-hybridized carbons (Fsp3) is 0.238. The molecule has 2 aromatic carbocycles. The first-order valence-corrected chi connectivity index (χ1v) is 8.80. The molecule has 1 N–H and O–H groups in total. The van der Waals surface area contributed by atoms with Crippen LogP contribution in [-0.4, -0.2) is 36.6 Å². The average molecular weight is 367 g/mol. The zero-order valence-electron chi connectivity index (χ0n) is 15.3. The number of nitrogens with one attached hydrogen (secondary N) is 1. The molecule has 0 bridgehead atoms. The van der Waals surface area contributed by atoms with E-state index < -0.39 is 5.97 Å². The maximum atomic E-state index is 12.4. The quantitative estimate of drug-likeness (QED) is 0.481. The summed E-state index contributed by atoms with van der Waals surface area (Å²) in [5.74, 6) is 0.173. The minimum Gasteiger partial charge on any atom is -0.490 e. The molecule has 0 aliphatic rings. The van der Waals surface area contributed by atoms with Gasteiger partial charge in [-0.3, -0.25) is 4.79 Å². The summed E-state index contributed by atoms with van der Waals surface area (Å²) < 4.78 is 16.2. The Bertz CT molecular complexity index is 960. The van der Waals surface area contributed by atoms with Crippen molar-refractivity contribution in [1.82, 2.24) is 4.98 Å². The zero-order chi connectivity index (χ0) is 19.2. The number of Topliss-reactive ketones (excluding diaryl/α,β-unsaturated/α-hetero) is 1. The molecule has 6 heteroatoms. The lowest BCUT2D eigenvalue weighted by molar-refractivity contribution is 0.0474. The van der Waals surface area contributed by atoms with Crippen molar-refractivity contribution in [1.29, 1.82) is 0 Å². The zero-order valence-corrected chi connectivity index (χ0v) is 15.3. The number of fused-ring (bicyclic) bond motifs is 1. The van der Waals surface area contributed by atoms with E-state index in [1.807, 2.05) is 38.1 Å². The first kappa shape index (κ1) is 18.5. The Morgan fingerprint density at radius 1 is 0.963 bits per heavy atom. The fourth-order valence-electron chi connectivity index (χ4n) is 2.77. The number of carbonyl (C=O) groups excluding carboxylic acids is 2. The van der Waals surface area contributed by atoms with Crippen LogP contribution in [0.4, 0.5) is 0 Å². The van der Waals surface area contributed by atoms with Crippen LogP contribution in [0.2, 0.25) is 0 Å². The molecule has 1 aromatic heterocycles.